The number of carbonyl (C=O) groups is 1. The zero-order valence-corrected chi connectivity index (χ0v) is 8.92. The minimum Gasteiger partial charge on any atom is -0.496 e. The predicted octanol–water partition coefficient (Wildman–Crippen LogP) is 1.68. The Labute approximate surface area is 87.8 Å². The molecule has 0 aliphatic carbocycles. The number of hydrogen-bond donors (Lipinski definition) is 0. The number of methoxy groups -OCH3 is 2. The highest BCUT2D eigenvalue weighted by Gasteiger charge is 2.29. The van der Waals surface area contributed by atoms with Crippen LogP contribution in [-0.2, 0) is 11.3 Å². The summed E-state index contributed by atoms with van der Waals surface area (Å²) >= 11 is 0. The zero-order valence-electron chi connectivity index (χ0n) is 8.92. The van der Waals surface area contributed by atoms with Crippen molar-refractivity contribution >= 4 is 5.97 Å². The standard InChI is InChI=1S/C11H12O4/c1-6-8(13-2)4-9(14-3)7-5-15-11(12)10(6)7/h4H,5H2,1-3H3. The van der Waals surface area contributed by atoms with Gasteiger partial charge >= 0.3 is 5.97 Å². The van der Waals surface area contributed by atoms with Gasteiger partial charge < -0.3 is 14.2 Å². The molecule has 0 spiro atoms. The van der Waals surface area contributed by atoms with Gasteiger partial charge in [0.2, 0.25) is 0 Å². The second-order valence-electron chi connectivity index (χ2n) is 3.34. The minimum atomic E-state index is -0.306. The fourth-order valence-electron chi connectivity index (χ4n) is 1.81. The van der Waals surface area contributed by atoms with Crippen molar-refractivity contribution in [3.05, 3.63) is 22.8 Å². The summed E-state index contributed by atoms with van der Waals surface area (Å²) in [6.45, 7) is 2.12. The fraction of sp³-hybridized carbons (Fsp3) is 0.364. The van der Waals surface area contributed by atoms with E-state index < -0.39 is 0 Å². The Hall–Kier alpha value is -1.71. The molecule has 0 unspecified atom stereocenters. The molecule has 2 rings (SSSR count). The molecule has 0 atom stereocenters. The van der Waals surface area contributed by atoms with Crippen LogP contribution in [0.4, 0.5) is 0 Å². The number of rotatable bonds is 2. The van der Waals surface area contributed by atoms with Gasteiger partial charge in [-0.15, -0.1) is 0 Å². The Morgan fingerprint density at radius 3 is 2.53 bits per heavy atom. The molecule has 0 radical (unpaired) electrons. The first-order chi connectivity index (χ1) is 7.19. The Kier molecular flexibility index (Phi) is 2.26. The molecule has 1 aromatic rings. The van der Waals surface area contributed by atoms with Crippen LogP contribution in [0.25, 0.3) is 0 Å². The van der Waals surface area contributed by atoms with Crippen molar-refractivity contribution < 1.29 is 19.0 Å². The highest BCUT2D eigenvalue weighted by Crippen LogP contribution is 2.37. The summed E-state index contributed by atoms with van der Waals surface area (Å²) in [6, 6.07) is 1.77. The van der Waals surface area contributed by atoms with Crippen molar-refractivity contribution in [3.63, 3.8) is 0 Å². The summed E-state index contributed by atoms with van der Waals surface area (Å²) in [5.74, 6) is 0.974. The maximum Gasteiger partial charge on any atom is 0.339 e. The normalized spacial score (nSPS) is 13.4. The van der Waals surface area contributed by atoms with Crippen LogP contribution in [0.3, 0.4) is 0 Å². The molecule has 4 nitrogen and oxygen atoms in total. The van der Waals surface area contributed by atoms with Crippen LogP contribution in [0.2, 0.25) is 0 Å². The number of hydrogen-bond acceptors (Lipinski definition) is 4. The molecule has 4 heteroatoms. The van der Waals surface area contributed by atoms with E-state index in [-0.39, 0.29) is 12.6 Å². The molecular formula is C11H12O4. The molecule has 0 amide bonds. The molecule has 1 aliphatic rings. The number of cyclic esters (lactones) is 1. The van der Waals surface area contributed by atoms with Crippen molar-refractivity contribution in [2.45, 2.75) is 13.5 Å². The van der Waals surface area contributed by atoms with Crippen LogP contribution in [0, 0.1) is 6.92 Å². The van der Waals surface area contributed by atoms with Gasteiger partial charge in [-0.1, -0.05) is 0 Å². The lowest BCUT2D eigenvalue weighted by molar-refractivity contribution is 0.0533. The van der Waals surface area contributed by atoms with Gasteiger partial charge in [-0.25, -0.2) is 4.79 Å². The van der Waals surface area contributed by atoms with Gasteiger partial charge in [-0.3, -0.25) is 0 Å². The number of ether oxygens (including phenoxy) is 3. The van der Waals surface area contributed by atoms with Gasteiger partial charge in [-0.05, 0) is 6.92 Å². The molecule has 0 N–H and O–H groups in total. The van der Waals surface area contributed by atoms with Crippen LogP contribution >= 0.6 is 0 Å². The van der Waals surface area contributed by atoms with Gasteiger partial charge in [0, 0.05) is 17.2 Å². The topological polar surface area (TPSA) is 44.8 Å². The highest BCUT2D eigenvalue weighted by molar-refractivity contribution is 5.96. The monoisotopic (exact) mass is 208 g/mol. The summed E-state index contributed by atoms with van der Waals surface area (Å²) in [7, 11) is 3.13. The molecule has 0 fully saturated rings. The van der Waals surface area contributed by atoms with Crippen LogP contribution in [0.5, 0.6) is 11.5 Å². The van der Waals surface area contributed by atoms with E-state index in [4.69, 9.17) is 14.2 Å². The number of esters is 1. The smallest absolute Gasteiger partial charge is 0.339 e. The Balaban J connectivity index is 2.69. The summed E-state index contributed by atoms with van der Waals surface area (Å²) in [6.07, 6.45) is 0. The van der Waals surface area contributed by atoms with Crippen molar-refractivity contribution in [1.29, 1.82) is 0 Å². The predicted molar refractivity (Wildman–Crippen MR) is 53.4 cm³/mol. The summed E-state index contributed by atoms with van der Waals surface area (Å²) in [5.41, 5.74) is 2.18. The van der Waals surface area contributed by atoms with E-state index in [0.717, 1.165) is 11.1 Å². The van der Waals surface area contributed by atoms with Crippen LogP contribution in [0.15, 0.2) is 6.07 Å². The lowest BCUT2D eigenvalue weighted by atomic mass is 10.0. The first-order valence-electron chi connectivity index (χ1n) is 4.60. The van der Waals surface area contributed by atoms with Gasteiger partial charge in [0.05, 0.1) is 19.8 Å². The van der Waals surface area contributed by atoms with Crippen LogP contribution < -0.4 is 9.47 Å². The van der Waals surface area contributed by atoms with E-state index >= 15 is 0 Å². The van der Waals surface area contributed by atoms with Crippen molar-refractivity contribution in [2.24, 2.45) is 0 Å². The first-order valence-corrected chi connectivity index (χ1v) is 4.60. The molecule has 1 heterocycles. The maximum atomic E-state index is 11.5. The third-order valence-corrected chi connectivity index (χ3v) is 2.60. The Bertz CT molecular complexity index is 423. The SMILES string of the molecule is COc1cc(OC)c2c(c1C)C(=O)OC2. The van der Waals surface area contributed by atoms with E-state index in [1.807, 2.05) is 6.92 Å². The summed E-state index contributed by atoms with van der Waals surface area (Å²) in [5, 5.41) is 0. The van der Waals surface area contributed by atoms with E-state index in [2.05, 4.69) is 0 Å². The molecule has 1 aliphatic heterocycles. The zero-order chi connectivity index (χ0) is 11.0. The number of fused-ring (bicyclic) bond motifs is 1. The first kappa shape index (κ1) is 9.83. The van der Waals surface area contributed by atoms with Gasteiger partial charge in [0.15, 0.2) is 0 Å². The molecule has 15 heavy (non-hydrogen) atoms. The minimum absolute atomic E-state index is 0.280. The lowest BCUT2D eigenvalue weighted by Crippen LogP contribution is -2.01. The van der Waals surface area contributed by atoms with Crippen molar-refractivity contribution in [3.8, 4) is 11.5 Å². The second kappa shape index (κ2) is 3.46. The van der Waals surface area contributed by atoms with E-state index in [1.54, 1.807) is 20.3 Å². The lowest BCUT2D eigenvalue weighted by Gasteiger charge is -2.11. The molecule has 1 aromatic carbocycles. The number of carbonyl (C=O) groups excluding carboxylic acids is 1. The molecular weight excluding hydrogens is 196 g/mol. The Morgan fingerprint density at radius 2 is 1.93 bits per heavy atom. The number of benzene rings is 1. The summed E-state index contributed by atoms with van der Waals surface area (Å²) in [4.78, 5) is 11.5. The molecule has 80 valence electrons. The second-order valence-corrected chi connectivity index (χ2v) is 3.34. The van der Waals surface area contributed by atoms with Gasteiger partial charge in [0.25, 0.3) is 0 Å². The molecule has 0 aromatic heterocycles. The largest absolute Gasteiger partial charge is 0.496 e. The van der Waals surface area contributed by atoms with Crippen molar-refractivity contribution in [1.82, 2.24) is 0 Å². The average Bonchev–Trinajstić information content (AvgIpc) is 2.62. The van der Waals surface area contributed by atoms with Crippen molar-refractivity contribution in [2.75, 3.05) is 14.2 Å². The quantitative estimate of drug-likeness (QED) is 0.694. The van der Waals surface area contributed by atoms with Gasteiger partial charge in [0.1, 0.15) is 18.1 Å². The summed E-state index contributed by atoms with van der Waals surface area (Å²) < 4.78 is 15.3. The molecule has 0 bridgehead atoms. The highest BCUT2D eigenvalue weighted by atomic mass is 16.5. The Morgan fingerprint density at radius 1 is 1.27 bits per heavy atom. The van der Waals surface area contributed by atoms with Gasteiger partial charge in [-0.2, -0.15) is 0 Å². The molecule has 0 saturated heterocycles. The molecule has 0 saturated carbocycles. The maximum absolute atomic E-state index is 11.5. The van der Waals surface area contributed by atoms with Crippen LogP contribution in [0.1, 0.15) is 21.5 Å². The fourth-order valence-corrected chi connectivity index (χ4v) is 1.81. The van der Waals surface area contributed by atoms with E-state index in [1.165, 1.54) is 0 Å². The third kappa shape index (κ3) is 1.33. The average molecular weight is 208 g/mol. The van der Waals surface area contributed by atoms with E-state index in [9.17, 15) is 4.79 Å². The van der Waals surface area contributed by atoms with E-state index in [0.29, 0.717) is 17.1 Å². The van der Waals surface area contributed by atoms with Crippen LogP contribution in [-0.4, -0.2) is 20.2 Å². The third-order valence-electron chi connectivity index (χ3n) is 2.60.